The molecule has 1 aromatic carbocycles. The molecule has 0 aromatic heterocycles. The van der Waals surface area contributed by atoms with Crippen molar-refractivity contribution >= 4 is 21.4 Å². The number of nitro benzene ring substituents is 1. The molecule has 0 bridgehead atoms. The van der Waals surface area contributed by atoms with Gasteiger partial charge in [-0.3, -0.25) is 10.1 Å². The quantitative estimate of drug-likeness (QED) is 0.490. The van der Waals surface area contributed by atoms with Crippen LogP contribution in [-0.2, 0) is 10.0 Å². The molecular weight excluding hydrogens is 301 g/mol. The van der Waals surface area contributed by atoms with E-state index in [1.807, 2.05) is 13.8 Å². The lowest BCUT2D eigenvalue weighted by atomic mass is 10.1. The first kappa shape index (κ1) is 17.3. The minimum Gasteiger partial charge on any atom is -0.397 e. The summed E-state index contributed by atoms with van der Waals surface area (Å²) in [5.41, 5.74) is 4.43. The summed E-state index contributed by atoms with van der Waals surface area (Å²) in [5.74, 6) is -0.945. The molecule has 0 amide bonds. The van der Waals surface area contributed by atoms with Gasteiger partial charge >= 0.3 is 0 Å². The van der Waals surface area contributed by atoms with E-state index in [1.165, 1.54) is 7.05 Å². The molecule has 0 radical (unpaired) electrons. The SMILES string of the molecule is CC(C)CCN(C)S(=O)(=O)c1c(N)cc([N+](=O)[O-])cc1F. The molecule has 0 saturated carbocycles. The number of halogens is 1. The molecule has 7 nitrogen and oxygen atoms in total. The van der Waals surface area contributed by atoms with Crippen LogP contribution in [0.2, 0.25) is 0 Å². The molecule has 9 heteroatoms. The number of nitrogen functional groups attached to an aromatic ring is 1. The molecular formula is C12H18FN3O4S. The number of anilines is 1. The summed E-state index contributed by atoms with van der Waals surface area (Å²) in [6.45, 7) is 4.07. The number of non-ortho nitro benzene ring substituents is 1. The number of nitrogens with zero attached hydrogens (tertiary/aromatic N) is 2. The fraction of sp³-hybridized carbons (Fsp3) is 0.500. The Kier molecular flexibility index (Phi) is 5.24. The zero-order chi connectivity index (χ0) is 16.4. The Hall–Kier alpha value is -1.74. The predicted octanol–water partition coefficient (Wildman–Crippen LogP) is 1.98. The third-order valence-corrected chi connectivity index (χ3v) is 4.91. The molecule has 2 N–H and O–H groups in total. The molecule has 0 saturated heterocycles. The van der Waals surface area contributed by atoms with Crippen molar-refractivity contribution in [2.24, 2.45) is 5.92 Å². The normalized spacial score (nSPS) is 12.1. The second kappa shape index (κ2) is 6.35. The Morgan fingerprint density at radius 3 is 2.43 bits per heavy atom. The summed E-state index contributed by atoms with van der Waals surface area (Å²) in [6.07, 6.45) is 0.601. The Labute approximate surface area is 122 Å². The van der Waals surface area contributed by atoms with Gasteiger partial charge in [0.2, 0.25) is 10.0 Å². The van der Waals surface area contributed by atoms with E-state index in [1.54, 1.807) is 0 Å². The minimum atomic E-state index is -4.13. The zero-order valence-corrected chi connectivity index (χ0v) is 12.9. The predicted molar refractivity (Wildman–Crippen MR) is 76.7 cm³/mol. The molecule has 0 heterocycles. The molecule has 0 unspecified atom stereocenters. The van der Waals surface area contributed by atoms with Gasteiger partial charge in [0, 0.05) is 19.7 Å². The highest BCUT2D eigenvalue weighted by molar-refractivity contribution is 7.89. The Morgan fingerprint density at radius 1 is 1.43 bits per heavy atom. The molecule has 0 aliphatic rings. The van der Waals surface area contributed by atoms with E-state index in [-0.39, 0.29) is 12.5 Å². The zero-order valence-electron chi connectivity index (χ0n) is 12.0. The summed E-state index contributed by atoms with van der Waals surface area (Å²) >= 11 is 0. The molecule has 1 rings (SSSR count). The molecule has 0 atom stereocenters. The fourth-order valence-electron chi connectivity index (χ4n) is 1.69. The van der Waals surface area contributed by atoms with Crippen molar-refractivity contribution in [2.45, 2.75) is 25.2 Å². The van der Waals surface area contributed by atoms with Crippen molar-refractivity contribution in [3.8, 4) is 0 Å². The lowest BCUT2D eigenvalue weighted by Gasteiger charge is -2.19. The maximum Gasteiger partial charge on any atom is 0.274 e. The van der Waals surface area contributed by atoms with Crippen molar-refractivity contribution in [1.82, 2.24) is 4.31 Å². The van der Waals surface area contributed by atoms with E-state index in [0.717, 1.165) is 10.4 Å². The smallest absolute Gasteiger partial charge is 0.274 e. The van der Waals surface area contributed by atoms with Crippen molar-refractivity contribution in [1.29, 1.82) is 0 Å². The summed E-state index contributed by atoms with van der Waals surface area (Å²) < 4.78 is 39.5. The second-order valence-corrected chi connectivity index (χ2v) is 7.09. The van der Waals surface area contributed by atoms with Gasteiger partial charge in [0.15, 0.2) is 5.82 Å². The number of sulfonamides is 1. The van der Waals surface area contributed by atoms with Gasteiger partial charge in [-0.25, -0.2) is 17.1 Å². The van der Waals surface area contributed by atoms with Crippen molar-refractivity contribution in [3.05, 3.63) is 28.1 Å². The van der Waals surface area contributed by atoms with Crippen LogP contribution < -0.4 is 5.73 Å². The van der Waals surface area contributed by atoms with Crippen LogP contribution in [-0.4, -0.2) is 31.2 Å². The van der Waals surface area contributed by atoms with Gasteiger partial charge in [0.25, 0.3) is 5.69 Å². The Morgan fingerprint density at radius 2 is 2.00 bits per heavy atom. The average molecular weight is 319 g/mol. The Bertz CT molecular complexity index is 623. The van der Waals surface area contributed by atoms with E-state index >= 15 is 0 Å². The highest BCUT2D eigenvalue weighted by atomic mass is 32.2. The summed E-state index contributed by atoms with van der Waals surface area (Å²) in [5, 5.41) is 10.6. The fourth-order valence-corrected chi connectivity index (χ4v) is 3.01. The third kappa shape index (κ3) is 3.88. The third-order valence-electron chi connectivity index (χ3n) is 2.96. The summed E-state index contributed by atoms with van der Waals surface area (Å²) in [6, 6.07) is 1.39. The summed E-state index contributed by atoms with van der Waals surface area (Å²) in [7, 11) is -2.81. The number of rotatable bonds is 6. The van der Waals surface area contributed by atoms with Crippen LogP contribution in [0.3, 0.4) is 0 Å². The number of benzene rings is 1. The van der Waals surface area contributed by atoms with Gasteiger partial charge in [-0.1, -0.05) is 13.8 Å². The standard InChI is InChI=1S/C12H18FN3O4S/c1-8(2)4-5-15(3)21(19,20)12-10(13)6-9(16(17)18)7-11(12)14/h6-8H,4-5,14H2,1-3H3. The van der Waals surface area contributed by atoms with Crippen LogP contribution in [0.5, 0.6) is 0 Å². The van der Waals surface area contributed by atoms with Crippen LogP contribution in [0, 0.1) is 21.8 Å². The van der Waals surface area contributed by atoms with E-state index in [0.29, 0.717) is 12.5 Å². The highest BCUT2D eigenvalue weighted by Crippen LogP contribution is 2.29. The van der Waals surface area contributed by atoms with Gasteiger partial charge in [0.05, 0.1) is 16.7 Å². The summed E-state index contributed by atoms with van der Waals surface area (Å²) in [4.78, 5) is 9.04. The van der Waals surface area contributed by atoms with Gasteiger partial charge in [-0.05, 0) is 12.3 Å². The van der Waals surface area contributed by atoms with E-state index in [9.17, 15) is 22.9 Å². The Balaban J connectivity index is 3.23. The first-order chi connectivity index (χ1) is 9.57. The number of hydrogen-bond acceptors (Lipinski definition) is 5. The van der Waals surface area contributed by atoms with Gasteiger partial charge in [-0.15, -0.1) is 0 Å². The van der Waals surface area contributed by atoms with Crippen LogP contribution in [0.4, 0.5) is 15.8 Å². The maximum absolute atomic E-state index is 13.9. The van der Waals surface area contributed by atoms with Gasteiger partial charge < -0.3 is 5.73 Å². The number of hydrogen-bond donors (Lipinski definition) is 1. The van der Waals surface area contributed by atoms with Crippen LogP contribution in [0.1, 0.15) is 20.3 Å². The van der Waals surface area contributed by atoms with Crippen molar-refractivity contribution < 1.29 is 17.7 Å². The second-order valence-electron chi connectivity index (χ2n) is 5.11. The molecule has 0 aliphatic carbocycles. The van der Waals surface area contributed by atoms with Crippen LogP contribution >= 0.6 is 0 Å². The topological polar surface area (TPSA) is 107 Å². The van der Waals surface area contributed by atoms with Gasteiger partial charge in [-0.2, -0.15) is 0 Å². The monoisotopic (exact) mass is 319 g/mol. The molecule has 21 heavy (non-hydrogen) atoms. The molecule has 0 aliphatic heterocycles. The van der Waals surface area contributed by atoms with Crippen LogP contribution in [0.25, 0.3) is 0 Å². The maximum atomic E-state index is 13.9. The van der Waals surface area contributed by atoms with Gasteiger partial charge in [0.1, 0.15) is 4.90 Å². The minimum absolute atomic E-state index is 0.204. The van der Waals surface area contributed by atoms with E-state index in [2.05, 4.69) is 0 Å². The van der Waals surface area contributed by atoms with Crippen LogP contribution in [0.15, 0.2) is 17.0 Å². The lowest BCUT2D eigenvalue weighted by molar-refractivity contribution is -0.385. The molecule has 1 aromatic rings. The largest absolute Gasteiger partial charge is 0.397 e. The molecule has 118 valence electrons. The van der Waals surface area contributed by atoms with Crippen molar-refractivity contribution in [3.63, 3.8) is 0 Å². The number of nitrogens with two attached hydrogens (primary N) is 1. The first-order valence-electron chi connectivity index (χ1n) is 6.27. The lowest BCUT2D eigenvalue weighted by Crippen LogP contribution is -2.30. The first-order valence-corrected chi connectivity index (χ1v) is 7.71. The van der Waals surface area contributed by atoms with E-state index in [4.69, 9.17) is 5.73 Å². The highest BCUT2D eigenvalue weighted by Gasteiger charge is 2.29. The molecule has 0 fully saturated rings. The van der Waals surface area contributed by atoms with Crippen molar-refractivity contribution in [2.75, 3.05) is 19.3 Å². The van der Waals surface area contributed by atoms with E-state index < -0.39 is 37.0 Å². The molecule has 0 spiro atoms. The number of nitro groups is 1. The average Bonchev–Trinajstić information content (AvgIpc) is 2.34.